The Labute approximate surface area is 123 Å². The second-order valence-corrected chi connectivity index (χ2v) is 4.71. The van der Waals surface area contributed by atoms with Crippen molar-refractivity contribution in [3.63, 3.8) is 0 Å². The number of rotatable bonds is 5. The van der Waals surface area contributed by atoms with Crippen molar-refractivity contribution < 1.29 is 19.1 Å². The van der Waals surface area contributed by atoms with E-state index in [9.17, 15) is 14.0 Å². The minimum atomic E-state index is -0.576. The molecule has 0 saturated carbocycles. The lowest BCUT2D eigenvalue weighted by molar-refractivity contribution is -0.137. The Bertz CT molecular complexity index is 589. The summed E-state index contributed by atoms with van der Waals surface area (Å²) >= 11 is 3.22. The van der Waals surface area contributed by atoms with Crippen LogP contribution in [0.2, 0.25) is 0 Å². The van der Waals surface area contributed by atoms with E-state index in [2.05, 4.69) is 21.2 Å². The lowest BCUT2D eigenvalue weighted by Gasteiger charge is -2.13. The average Bonchev–Trinajstić information content (AvgIpc) is 2.69. The molecule has 0 fully saturated rings. The Balaban J connectivity index is 2.17. The van der Waals surface area contributed by atoms with Crippen molar-refractivity contribution in [3.8, 4) is 0 Å². The summed E-state index contributed by atoms with van der Waals surface area (Å²) in [7, 11) is 0. The molecule has 0 radical (unpaired) electrons. The maximum absolute atomic E-state index is 13.8. The average molecular weight is 343 g/mol. The van der Waals surface area contributed by atoms with Crippen molar-refractivity contribution in [2.75, 3.05) is 18.5 Å². The smallest absolute Gasteiger partial charge is 0.277 e. The van der Waals surface area contributed by atoms with Crippen LogP contribution in [0.3, 0.4) is 0 Å². The zero-order valence-corrected chi connectivity index (χ0v) is 12.0. The summed E-state index contributed by atoms with van der Waals surface area (Å²) in [6, 6.07) is 4.54. The summed E-state index contributed by atoms with van der Waals surface area (Å²) in [6.45, 7) is -0.392. The SMILES string of the molecule is O=C1C=C(Nc2ccc(CBr)cc2F)C(=O)N1CCO. The van der Waals surface area contributed by atoms with Crippen molar-refractivity contribution in [1.29, 1.82) is 0 Å². The standard InChI is InChI=1S/C13H12BrFN2O3/c14-7-8-1-2-10(9(15)5-8)16-11-6-12(19)17(3-4-18)13(11)20/h1-2,5-6,16,18H,3-4,7H2. The van der Waals surface area contributed by atoms with Crippen LogP contribution in [0, 0.1) is 5.82 Å². The maximum Gasteiger partial charge on any atom is 0.277 e. The first-order chi connectivity index (χ1) is 9.56. The largest absolute Gasteiger partial charge is 0.395 e. The third-order valence-corrected chi connectivity index (χ3v) is 3.44. The molecule has 2 N–H and O–H groups in total. The molecule has 0 bridgehead atoms. The molecule has 1 aromatic carbocycles. The van der Waals surface area contributed by atoms with Crippen molar-refractivity contribution in [2.45, 2.75) is 5.33 Å². The molecule has 2 amide bonds. The van der Waals surface area contributed by atoms with Gasteiger partial charge in [0.15, 0.2) is 0 Å². The van der Waals surface area contributed by atoms with E-state index in [4.69, 9.17) is 5.11 Å². The van der Waals surface area contributed by atoms with Gasteiger partial charge in [0.25, 0.3) is 11.8 Å². The molecule has 0 aromatic heterocycles. The van der Waals surface area contributed by atoms with Crippen LogP contribution in [-0.2, 0) is 14.9 Å². The first-order valence-electron chi connectivity index (χ1n) is 5.86. The number of alkyl halides is 1. The molecule has 106 valence electrons. The van der Waals surface area contributed by atoms with E-state index in [0.717, 1.165) is 16.5 Å². The number of hydrogen-bond acceptors (Lipinski definition) is 4. The van der Waals surface area contributed by atoms with Gasteiger partial charge < -0.3 is 10.4 Å². The van der Waals surface area contributed by atoms with Crippen LogP contribution in [0.5, 0.6) is 0 Å². The maximum atomic E-state index is 13.8. The number of nitrogens with zero attached hydrogens (tertiary/aromatic N) is 1. The number of amides is 2. The van der Waals surface area contributed by atoms with Crippen LogP contribution in [0.25, 0.3) is 0 Å². The number of anilines is 1. The third kappa shape index (κ3) is 2.88. The lowest BCUT2D eigenvalue weighted by Crippen LogP contribution is -2.34. The van der Waals surface area contributed by atoms with Crippen LogP contribution >= 0.6 is 15.9 Å². The number of aliphatic hydroxyl groups is 1. The summed E-state index contributed by atoms with van der Waals surface area (Å²) in [5.74, 6) is -1.61. The number of nitrogens with one attached hydrogen (secondary N) is 1. The summed E-state index contributed by atoms with van der Waals surface area (Å²) < 4.78 is 13.8. The van der Waals surface area contributed by atoms with Gasteiger partial charge in [0.2, 0.25) is 0 Å². The molecule has 0 aliphatic carbocycles. The highest BCUT2D eigenvalue weighted by molar-refractivity contribution is 9.08. The molecule has 2 rings (SSSR count). The number of halogens is 2. The van der Waals surface area contributed by atoms with Gasteiger partial charge in [0.05, 0.1) is 18.8 Å². The van der Waals surface area contributed by atoms with Crippen molar-refractivity contribution in [2.24, 2.45) is 0 Å². The Morgan fingerprint density at radius 1 is 1.35 bits per heavy atom. The van der Waals surface area contributed by atoms with Crippen LogP contribution in [-0.4, -0.2) is 35.0 Å². The number of β-amino-alcohol motifs (C(OH)–C–C–N with tert-alkyl or cyclic N) is 1. The molecule has 1 heterocycles. The minimum absolute atomic E-state index is 0.00561. The van der Waals surface area contributed by atoms with E-state index in [-0.39, 0.29) is 24.5 Å². The normalized spacial score (nSPS) is 14.8. The Kier molecular flexibility index (Phi) is 4.51. The number of carbonyl (C=O) groups is 2. The van der Waals surface area contributed by atoms with Crippen LogP contribution < -0.4 is 5.32 Å². The van der Waals surface area contributed by atoms with E-state index >= 15 is 0 Å². The first-order valence-corrected chi connectivity index (χ1v) is 6.98. The lowest BCUT2D eigenvalue weighted by atomic mass is 10.2. The Hall–Kier alpha value is -1.73. The van der Waals surface area contributed by atoms with Crippen LogP contribution in [0.4, 0.5) is 10.1 Å². The molecular formula is C13H12BrFN2O3. The second kappa shape index (κ2) is 6.15. The number of imide groups is 1. The second-order valence-electron chi connectivity index (χ2n) is 4.15. The van der Waals surface area contributed by atoms with Gasteiger partial charge in [0, 0.05) is 11.4 Å². The molecule has 0 atom stereocenters. The molecule has 1 aliphatic rings. The number of benzene rings is 1. The highest BCUT2D eigenvalue weighted by atomic mass is 79.9. The predicted octanol–water partition coefficient (Wildman–Crippen LogP) is 1.38. The molecule has 20 heavy (non-hydrogen) atoms. The van der Waals surface area contributed by atoms with E-state index in [1.54, 1.807) is 6.07 Å². The van der Waals surface area contributed by atoms with Gasteiger partial charge in [-0.2, -0.15) is 0 Å². The van der Waals surface area contributed by atoms with Crippen molar-refractivity contribution in [1.82, 2.24) is 4.90 Å². The molecule has 0 spiro atoms. The number of carbonyl (C=O) groups excluding carboxylic acids is 2. The van der Waals surface area contributed by atoms with Gasteiger partial charge in [-0.1, -0.05) is 22.0 Å². The van der Waals surface area contributed by atoms with Gasteiger partial charge in [0.1, 0.15) is 11.5 Å². The topological polar surface area (TPSA) is 69.6 Å². The summed E-state index contributed by atoms with van der Waals surface area (Å²) in [4.78, 5) is 24.3. The van der Waals surface area contributed by atoms with E-state index in [0.29, 0.717) is 5.33 Å². The van der Waals surface area contributed by atoms with Gasteiger partial charge >= 0.3 is 0 Å². The van der Waals surface area contributed by atoms with E-state index in [1.165, 1.54) is 12.1 Å². The highest BCUT2D eigenvalue weighted by Gasteiger charge is 2.30. The number of hydrogen-bond donors (Lipinski definition) is 2. The van der Waals surface area contributed by atoms with Crippen LogP contribution in [0.15, 0.2) is 30.0 Å². The fraction of sp³-hybridized carbons (Fsp3) is 0.231. The van der Waals surface area contributed by atoms with Crippen molar-refractivity contribution >= 4 is 33.4 Å². The molecule has 0 saturated heterocycles. The van der Waals surface area contributed by atoms with Crippen molar-refractivity contribution in [3.05, 3.63) is 41.4 Å². The molecule has 1 aromatic rings. The zero-order chi connectivity index (χ0) is 14.7. The van der Waals surface area contributed by atoms with Gasteiger partial charge in [-0.25, -0.2) is 4.39 Å². The quantitative estimate of drug-likeness (QED) is 0.626. The highest BCUT2D eigenvalue weighted by Crippen LogP contribution is 2.21. The molecular weight excluding hydrogens is 331 g/mol. The van der Waals surface area contributed by atoms with E-state index in [1.807, 2.05) is 0 Å². The molecule has 1 aliphatic heterocycles. The molecule has 5 nitrogen and oxygen atoms in total. The fourth-order valence-corrected chi connectivity index (χ4v) is 2.15. The fourth-order valence-electron chi connectivity index (χ4n) is 1.80. The third-order valence-electron chi connectivity index (χ3n) is 2.79. The van der Waals surface area contributed by atoms with Crippen LogP contribution in [0.1, 0.15) is 5.56 Å². The Morgan fingerprint density at radius 3 is 2.70 bits per heavy atom. The molecule has 7 heteroatoms. The predicted molar refractivity (Wildman–Crippen MR) is 74.5 cm³/mol. The number of aliphatic hydroxyl groups excluding tert-OH is 1. The Morgan fingerprint density at radius 2 is 2.10 bits per heavy atom. The summed E-state index contributed by atoms with van der Waals surface area (Å²) in [5.41, 5.74) is 0.875. The van der Waals surface area contributed by atoms with Gasteiger partial charge in [-0.15, -0.1) is 0 Å². The van der Waals surface area contributed by atoms with Gasteiger partial charge in [-0.3, -0.25) is 14.5 Å². The monoisotopic (exact) mass is 342 g/mol. The first kappa shape index (κ1) is 14.7. The zero-order valence-electron chi connectivity index (χ0n) is 10.4. The minimum Gasteiger partial charge on any atom is -0.395 e. The summed E-state index contributed by atoms with van der Waals surface area (Å²) in [6.07, 6.45) is 1.09. The van der Waals surface area contributed by atoms with Gasteiger partial charge in [-0.05, 0) is 17.7 Å². The summed E-state index contributed by atoms with van der Waals surface area (Å²) in [5, 5.41) is 11.9. The van der Waals surface area contributed by atoms with E-state index < -0.39 is 17.6 Å². The molecule has 0 unspecified atom stereocenters.